The third-order valence-corrected chi connectivity index (χ3v) is 3.09. The summed E-state index contributed by atoms with van der Waals surface area (Å²) < 4.78 is 9.75. The fourth-order valence-electron chi connectivity index (χ4n) is 1.61. The lowest BCUT2D eigenvalue weighted by Gasteiger charge is -2.24. The molecule has 1 atom stereocenters. The molecule has 8 heteroatoms. The van der Waals surface area contributed by atoms with E-state index >= 15 is 0 Å². The van der Waals surface area contributed by atoms with E-state index in [9.17, 15) is 19.5 Å². The van der Waals surface area contributed by atoms with Crippen LogP contribution in [0.15, 0.2) is 30.3 Å². The van der Waals surface area contributed by atoms with Crippen LogP contribution in [0.5, 0.6) is 0 Å². The molecule has 132 valence electrons. The Morgan fingerprint density at radius 2 is 1.83 bits per heavy atom. The van der Waals surface area contributed by atoms with Gasteiger partial charge in [0.25, 0.3) is 0 Å². The molecular formula is C16H22N2O6. The fraction of sp³-hybridized carbons (Fsp3) is 0.438. The molecule has 1 aromatic carbocycles. The van der Waals surface area contributed by atoms with Gasteiger partial charge in [-0.2, -0.15) is 0 Å². The molecule has 0 saturated heterocycles. The fourth-order valence-corrected chi connectivity index (χ4v) is 1.61. The van der Waals surface area contributed by atoms with Crippen LogP contribution in [-0.4, -0.2) is 49.4 Å². The summed E-state index contributed by atoms with van der Waals surface area (Å²) in [6.45, 7) is 1.85. The number of aliphatic hydroxyl groups is 1. The summed E-state index contributed by atoms with van der Waals surface area (Å²) in [6.07, 6.45) is 0. The minimum atomic E-state index is -1.34. The van der Waals surface area contributed by atoms with Crippen LogP contribution in [0.1, 0.15) is 13.8 Å². The van der Waals surface area contributed by atoms with E-state index in [1.165, 1.54) is 13.8 Å². The SMILES string of the molecule is CC(=O)OCC(C)(CO)C(=O)OCCNC(=O)Nc1ccccc1. The number of urea groups is 1. The second-order valence-corrected chi connectivity index (χ2v) is 5.38. The molecule has 0 spiro atoms. The Bertz CT molecular complexity index is 563. The first-order valence-corrected chi connectivity index (χ1v) is 7.39. The van der Waals surface area contributed by atoms with Gasteiger partial charge < -0.3 is 25.2 Å². The van der Waals surface area contributed by atoms with Crippen molar-refractivity contribution in [2.45, 2.75) is 13.8 Å². The van der Waals surface area contributed by atoms with Crippen molar-refractivity contribution in [2.75, 3.05) is 31.7 Å². The summed E-state index contributed by atoms with van der Waals surface area (Å²) in [6, 6.07) is 8.45. The Kier molecular flexibility index (Phi) is 7.70. The monoisotopic (exact) mass is 338 g/mol. The van der Waals surface area contributed by atoms with Crippen LogP contribution in [0.2, 0.25) is 0 Å². The van der Waals surface area contributed by atoms with E-state index in [1.54, 1.807) is 24.3 Å². The second-order valence-electron chi connectivity index (χ2n) is 5.38. The molecular weight excluding hydrogens is 316 g/mol. The highest BCUT2D eigenvalue weighted by Crippen LogP contribution is 2.18. The van der Waals surface area contributed by atoms with Gasteiger partial charge in [0.05, 0.1) is 13.2 Å². The van der Waals surface area contributed by atoms with Crippen molar-refractivity contribution < 1.29 is 29.0 Å². The van der Waals surface area contributed by atoms with Gasteiger partial charge in [0, 0.05) is 12.6 Å². The van der Waals surface area contributed by atoms with Gasteiger partial charge in [-0.1, -0.05) is 18.2 Å². The maximum Gasteiger partial charge on any atom is 0.319 e. The van der Waals surface area contributed by atoms with Crippen LogP contribution < -0.4 is 10.6 Å². The molecule has 8 nitrogen and oxygen atoms in total. The molecule has 3 N–H and O–H groups in total. The number of esters is 2. The molecule has 0 fully saturated rings. The van der Waals surface area contributed by atoms with Crippen LogP contribution >= 0.6 is 0 Å². The van der Waals surface area contributed by atoms with Crippen molar-refractivity contribution in [3.8, 4) is 0 Å². The number of carbonyl (C=O) groups is 3. The Morgan fingerprint density at radius 3 is 2.42 bits per heavy atom. The zero-order valence-electron chi connectivity index (χ0n) is 13.7. The van der Waals surface area contributed by atoms with Crippen molar-refractivity contribution in [3.05, 3.63) is 30.3 Å². The third-order valence-electron chi connectivity index (χ3n) is 3.09. The number of hydrogen-bond donors (Lipinski definition) is 3. The summed E-state index contributed by atoms with van der Waals surface area (Å²) >= 11 is 0. The molecule has 2 amide bonds. The third kappa shape index (κ3) is 6.66. The van der Waals surface area contributed by atoms with Crippen LogP contribution in [0.3, 0.4) is 0 Å². The Labute approximate surface area is 140 Å². The van der Waals surface area contributed by atoms with E-state index in [1.807, 2.05) is 6.07 Å². The van der Waals surface area contributed by atoms with E-state index in [4.69, 9.17) is 9.47 Å². The zero-order chi connectivity index (χ0) is 18.0. The van der Waals surface area contributed by atoms with Crippen molar-refractivity contribution in [3.63, 3.8) is 0 Å². The molecule has 0 saturated carbocycles. The van der Waals surface area contributed by atoms with Crippen LogP contribution in [0.25, 0.3) is 0 Å². The quantitative estimate of drug-likeness (QED) is 0.480. The predicted octanol–water partition coefficient (Wildman–Crippen LogP) is 0.913. The minimum absolute atomic E-state index is 0.0727. The minimum Gasteiger partial charge on any atom is -0.465 e. The molecule has 1 aromatic rings. The highest BCUT2D eigenvalue weighted by molar-refractivity contribution is 5.89. The number of anilines is 1. The number of nitrogens with one attached hydrogen (secondary N) is 2. The largest absolute Gasteiger partial charge is 0.465 e. The van der Waals surface area contributed by atoms with Gasteiger partial charge in [-0.05, 0) is 19.1 Å². The standard InChI is InChI=1S/C16H22N2O6/c1-12(20)24-11-16(2,10-19)14(21)23-9-8-17-15(22)18-13-6-4-3-5-7-13/h3-7,19H,8-11H2,1-2H3,(H2,17,18,22). The van der Waals surface area contributed by atoms with Gasteiger partial charge in [0.15, 0.2) is 0 Å². The predicted molar refractivity (Wildman–Crippen MR) is 86.2 cm³/mol. The first-order chi connectivity index (χ1) is 11.4. The van der Waals surface area contributed by atoms with E-state index in [2.05, 4.69) is 10.6 Å². The summed E-state index contributed by atoms with van der Waals surface area (Å²) in [7, 11) is 0. The highest BCUT2D eigenvalue weighted by Gasteiger charge is 2.35. The molecule has 0 bridgehead atoms. The lowest BCUT2D eigenvalue weighted by Crippen LogP contribution is -2.40. The number of aliphatic hydroxyl groups excluding tert-OH is 1. The summed E-state index contributed by atoms with van der Waals surface area (Å²) in [5.41, 5.74) is -0.695. The van der Waals surface area contributed by atoms with Gasteiger partial charge in [0.1, 0.15) is 18.6 Å². The maximum atomic E-state index is 11.9. The second kappa shape index (κ2) is 9.51. The average molecular weight is 338 g/mol. The Morgan fingerprint density at radius 1 is 1.17 bits per heavy atom. The number of carbonyl (C=O) groups excluding carboxylic acids is 3. The van der Waals surface area contributed by atoms with Crippen molar-refractivity contribution >= 4 is 23.7 Å². The molecule has 1 rings (SSSR count). The Balaban J connectivity index is 2.31. The van der Waals surface area contributed by atoms with Crippen LogP contribution in [0, 0.1) is 5.41 Å². The summed E-state index contributed by atoms with van der Waals surface area (Å²) in [5.74, 6) is -1.27. The lowest BCUT2D eigenvalue weighted by atomic mass is 9.93. The van der Waals surface area contributed by atoms with E-state index in [-0.39, 0.29) is 19.8 Å². The van der Waals surface area contributed by atoms with E-state index < -0.39 is 30.0 Å². The number of ether oxygens (including phenoxy) is 2. The molecule has 0 heterocycles. The summed E-state index contributed by atoms with van der Waals surface area (Å²) in [4.78, 5) is 34.4. The molecule has 0 aliphatic carbocycles. The lowest BCUT2D eigenvalue weighted by molar-refractivity contribution is -0.164. The number of rotatable bonds is 8. The number of amides is 2. The molecule has 0 aromatic heterocycles. The average Bonchev–Trinajstić information content (AvgIpc) is 2.57. The van der Waals surface area contributed by atoms with Crippen molar-refractivity contribution in [1.82, 2.24) is 5.32 Å². The van der Waals surface area contributed by atoms with Crippen molar-refractivity contribution in [2.24, 2.45) is 5.41 Å². The van der Waals surface area contributed by atoms with E-state index in [0.29, 0.717) is 5.69 Å². The summed E-state index contributed by atoms with van der Waals surface area (Å²) in [5, 5.41) is 14.5. The highest BCUT2D eigenvalue weighted by atomic mass is 16.6. The van der Waals surface area contributed by atoms with Crippen molar-refractivity contribution in [1.29, 1.82) is 0 Å². The van der Waals surface area contributed by atoms with Gasteiger partial charge in [0.2, 0.25) is 0 Å². The van der Waals surface area contributed by atoms with E-state index in [0.717, 1.165) is 0 Å². The first kappa shape index (κ1) is 19.4. The zero-order valence-corrected chi connectivity index (χ0v) is 13.7. The normalized spacial score (nSPS) is 12.6. The molecule has 1 unspecified atom stereocenters. The smallest absolute Gasteiger partial charge is 0.319 e. The van der Waals surface area contributed by atoms with Crippen LogP contribution in [-0.2, 0) is 19.1 Å². The Hall–Kier alpha value is -2.61. The van der Waals surface area contributed by atoms with Gasteiger partial charge in [-0.3, -0.25) is 9.59 Å². The van der Waals surface area contributed by atoms with Crippen LogP contribution in [0.4, 0.5) is 10.5 Å². The van der Waals surface area contributed by atoms with Gasteiger partial charge in [-0.25, -0.2) is 4.79 Å². The molecule has 0 aliphatic heterocycles. The van der Waals surface area contributed by atoms with Gasteiger partial charge in [-0.15, -0.1) is 0 Å². The number of para-hydroxylation sites is 1. The molecule has 24 heavy (non-hydrogen) atoms. The van der Waals surface area contributed by atoms with Gasteiger partial charge >= 0.3 is 18.0 Å². The number of hydrogen-bond acceptors (Lipinski definition) is 6. The molecule has 0 radical (unpaired) electrons. The molecule has 0 aliphatic rings. The maximum absolute atomic E-state index is 11.9. The topological polar surface area (TPSA) is 114 Å². The first-order valence-electron chi connectivity index (χ1n) is 7.39. The number of benzene rings is 1.